The van der Waals surface area contributed by atoms with Crippen LogP contribution in [0.15, 0.2) is 18.2 Å². The van der Waals surface area contributed by atoms with Crippen LogP contribution >= 0.6 is 11.6 Å². The fraction of sp³-hybridized carbons (Fsp3) is 0.462. The number of aromatic nitrogens is 2. The van der Waals surface area contributed by atoms with Gasteiger partial charge in [0.1, 0.15) is 5.82 Å². The number of imidazole rings is 1. The molecule has 0 aliphatic heterocycles. The van der Waals surface area contributed by atoms with E-state index in [1.165, 1.54) is 6.92 Å². The van der Waals surface area contributed by atoms with Crippen molar-refractivity contribution >= 4 is 22.6 Å². The Kier molecular flexibility index (Phi) is 3.76. The number of rotatable bonds is 3. The lowest BCUT2D eigenvalue weighted by Crippen LogP contribution is -2.18. The van der Waals surface area contributed by atoms with E-state index < -0.39 is 18.6 Å². The van der Waals surface area contributed by atoms with E-state index in [2.05, 4.69) is 4.98 Å². The topological polar surface area (TPSA) is 17.8 Å². The molecule has 0 saturated heterocycles. The quantitative estimate of drug-likeness (QED) is 0.756. The monoisotopic (exact) mass is 290 g/mol. The van der Waals surface area contributed by atoms with Gasteiger partial charge in [-0.2, -0.15) is 13.2 Å². The third kappa shape index (κ3) is 2.86. The summed E-state index contributed by atoms with van der Waals surface area (Å²) in [6.45, 7) is 3.40. The van der Waals surface area contributed by atoms with Crippen molar-refractivity contribution in [3.8, 4) is 0 Å². The van der Waals surface area contributed by atoms with E-state index in [9.17, 15) is 13.2 Å². The highest BCUT2D eigenvalue weighted by atomic mass is 35.5. The molecular formula is C13H14ClF3N2. The van der Waals surface area contributed by atoms with Crippen LogP contribution in [0.3, 0.4) is 0 Å². The van der Waals surface area contributed by atoms with E-state index >= 15 is 0 Å². The van der Waals surface area contributed by atoms with Crippen LogP contribution in [0.2, 0.25) is 0 Å². The van der Waals surface area contributed by atoms with E-state index in [4.69, 9.17) is 11.6 Å². The predicted octanol–water partition coefficient (Wildman–Crippen LogP) is 4.60. The number of aryl methyl sites for hydroxylation is 1. The zero-order valence-corrected chi connectivity index (χ0v) is 11.4. The number of halogens is 4. The summed E-state index contributed by atoms with van der Waals surface area (Å²) < 4.78 is 39.3. The van der Waals surface area contributed by atoms with Gasteiger partial charge in [-0.3, -0.25) is 0 Å². The number of benzene rings is 1. The van der Waals surface area contributed by atoms with Gasteiger partial charge in [-0.25, -0.2) is 4.98 Å². The molecule has 0 fully saturated rings. The third-order valence-electron chi connectivity index (χ3n) is 3.07. The Labute approximate surface area is 114 Å². The largest absolute Gasteiger partial charge is 0.391 e. The average Bonchev–Trinajstić information content (AvgIpc) is 2.66. The van der Waals surface area contributed by atoms with Crippen molar-refractivity contribution in [2.24, 2.45) is 0 Å². The molecule has 0 aliphatic carbocycles. The second kappa shape index (κ2) is 5.04. The smallest absolute Gasteiger partial charge is 0.324 e. The summed E-state index contributed by atoms with van der Waals surface area (Å²) in [7, 11) is 0. The number of para-hydroxylation sites is 1. The van der Waals surface area contributed by atoms with Crippen LogP contribution < -0.4 is 0 Å². The number of nitrogens with zero attached hydrogens (tertiary/aromatic N) is 2. The first kappa shape index (κ1) is 14.2. The normalized spacial score (nSPS) is 14.0. The first-order valence-corrected chi connectivity index (χ1v) is 6.46. The molecule has 1 aromatic heterocycles. The average molecular weight is 291 g/mol. The Morgan fingerprint density at radius 2 is 2.05 bits per heavy atom. The van der Waals surface area contributed by atoms with Crippen LogP contribution in [-0.2, 0) is 5.88 Å². The number of fused-ring (bicyclic) bond motifs is 1. The second-order valence-electron chi connectivity index (χ2n) is 4.64. The van der Waals surface area contributed by atoms with Gasteiger partial charge in [0, 0.05) is 6.04 Å². The van der Waals surface area contributed by atoms with Gasteiger partial charge in [-0.1, -0.05) is 12.1 Å². The van der Waals surface area contributed by atoms with Crippen LogP contribution in [0.5, 0.6) is 0 Å². The fourth-order valence-electron chi connectivity index (χ4n) is 2.36. The molecule has 6 heteroatoms. The minimum atomic E-state index is -4.21. The van der Waals surface area contributed by atoms with Crippen LogP contribution in [-0.4, -0.2) is 15.7 Å². The molecule has 1 aromatic carbocycles. The Morgan fingerprint density at radius 3 is 2.63 bits per heavy atom. The molecule has 104 valence electrons. The molecule has 2 aromatic rings. The molecule has 0 bridgehead atoms. The SMILES string of the molecule is Cc1cccc2nc(CCl)n(C(C)CC(F)(F)F)c12. The van der Waals surface area contributed by atoms with E-state index in [1.807, 2.05) is 19.1 Å². The lowest BCUT2D eigenvalue weighted by Gasteiger charge is -2.19. The zero-order chi connectivity index (χ0) is 14.2. The highest BCUT2D eigenvalue weighted by Gasteiger charge is 2.32. The molecule has 2 rings (SSSR count). The van der Waals surface area contributed by atoms with E-state index in [0.29, 0.717) is 11.3 Å². The summed E-state index contributed by atoms with van der Waals surface area (Å²) in [4.78, 5) is 4.31. The zero-order valence-electron chi connectivity index (χ0n) is 10.6. The fourth-order valence-corrected chi connectivity index (χ4v) is 2.55. The molecule has 1 unspecified atom stereocenters. The van der Waals surface area contributed by atoms with Crippen molar-refractivity contribution < 1.29 is 13.2 Å². The van der Waals surface area contributed by atoms with Crippen molar-refractivity contribution in [1.29, 1.82) is 0 Å². The summed E-state index contributed by atoms with van der Waals surface area (Å²) in [6.07, 6.45) is -5.10. The summed E-state index contributed by atoms with van der Waals surface area (Å²) >= 11 is 5.81. The maximum atomic E-state index is 12.6. The van der Waals surface area contributed by atoms with E-state index in [0.717, 1.165) is 11.1 Å². The molecule has 19 heavy (non-hydrogen) atoms. The van der Waals surface area contributed by atoms with Crippen molar-refractivity contribution in [1.82, 2.24) is 9.55 Å². The van der Waals surface area contributed by atoms with E-state index in [1.54, 1.807) is 10.6 Å². The van der Waals surface area contributed by atoms with Crippen molar-refractivity contribution in [2.75, 3.05) is 0 Å². The number of hydrogen-bond acceptors (Lipinski definition) is 1. The van der Waals surface area contributed by atoms with Gasteiger partial charge in [0.15, 0.2) is 0 Å². The van der Waals surface area contributed by atoms with Crippen LogP contribution in [0, 0.1) is 6.92 Å². The molecule has 0 saturated carbocycles. The summed E-state index contributed by atoms with van der Waals surface area (Å²) in [5.41, 5.74) is 2.31. The molecule has 2 nitrogen and oxygen atoms in total. The second-order valence-corrected chi connectivity index (χ2v) is 4.91. The Morgan fingerprint density at radius 1 is 1.37 bits per heavy atom. The standard InChI is InChI=1S/C13H14ClF3N2/c1-8-4-3-5-10-12(8)19(11(7-14)18-10)9(2)6-13(15,16)17/h3-5,9H,6-7H2,1-2H3. The van der Waals surface area contributed by atoms with Crippen molar-refractivity contribution in [3.05, 3.63) is 29.6 Å². The Balaban J connectivity index is 2.57. The Bertz CT molecular complexity index is 589. The minimum absolute atomic E-state index is 0.0936. The molecule has 0 radical (unpaired) electrons. The van der Waals surface area contributed by atoms with E-state index in [-0.39, 0.29) is 5.88 Å². The molecule has 0 N–H and O–H groups in total. The number of hydrogen-bond donors (Lipinski definition) is 0. The summed E-state index contributed by atoms with van der Waals surface area (Å²) in [6, 6.07) is 4.76. The van der Waals surface area contributed by atoms with Gasteiger partial charge in [0.05, 0.1) is 23.3 Å². The molecule has 1 atom stereocenters. The van der Waals surface area contributed by atoms with Crippen molar-refractivity contribution in [2.45, 2.75) is 38.4 Å². The van der Waals surface area contributed by atoms with Gasteiger partial charge in [0.25, 0.3) is 0 Å². The first-order valence-electron chi connectivity index (χ1n) is 5.92. The van der Waals surface area contributed by atoms with Gasteiger partial charge < -0.3 is 4.57 Å². The van der Waals surface area contributed by atoms with Gasteiger partial charge in [0.2, 0.25) is 0 Å². The lowest BCUT2D eigenvalue weighted by molar-refractivity contribution is -0.141. The minimum Gasteiger partial charge on any atom is -0.324 e. The summed E-state index contributed by atoms with van der Waals surface area (Å²) in [5, 5.41) is 0. The number of alkyl halides is 4. The highest BCUT2D eigenvalue weighted by Crippen LogP contribution is 2.32. The molecular weight excluding hydrogens is 277 g/mol. The molecule has 0 amide bonds. The van der Waals surface area contributed by atoms with Crippen molar-refractivity contribution in [3.63, 3.8) is 0 Å². The molecule has 0 aliphatic rings. The van der Waals surface area contributed by atoms with Crippen LogP contribution in [0.1, 0.15) is 30.8 Å². The maximum Gasteiger partial charge on any atom is 0.391 e. The lowest BCUT2D eigenvalue weighted by atomic mass is 10.1. The van der Waals surface area contributed by atoms with Crippen LogP contribution in [0.25, 0.3) is 11.0 Å². The van der Waals surface area contributed by atoms with Gasteiger partial charge >= 0.3 is 6.18 Å². The maximum absolute atomic E-state index is 12.6. The molecule has 1 heterocycles. The predicted molar refractivity (Wildman–Crippen MR) is 69.4 cm³/mol. The molecule has 0 spiro atoms. The summed E-state index contributed by atoms with van der Waals surface area (Å²) in [5.74, 6) is 0.568. The van der Waals surface area contributed by atoms with Crippen LogP contribution in [0.4, 0.5) is 13.2 Å². The third-order valence-corrected chi connectivity index (χ3v) is 3.31. The van der Waals surface area contributed by atoms with Gasteiger partial charge in [-0.05, 0) is 25.5 Å². The Hall–Kier alpha value is -1.23. The van der Waals surface area contributed by atoms with Gasteiger partial charge in [-0.15, -0.1) is 11.6 Å². The first-order chi connectivity index (χ1) is 8.83. The highest BCUT2D eigenvalue weighted by molar-refractivity contribution is 6.16.